The Kier molecular flexibility index (Phi) is 6.14. The summed E-state index contributed by atoms with van der Waals surface area (Å²) in [6.07, 6.45) is 3.78. The first-order valence-corrected chi connectivity index (χ1v) is 11.5. The van der Waals surface area contributed by atoms with Gasteiger partial charge in [-0.1, -0.05) is 41.5 Å². The fourth-order valence-electron chi connectivity index (χ4n) is 3.65. The molecule has 0 aliphatic heterocycles. The van der Waals surface area contributed by atoms with Crippen LogP contribution in [0.15, 0.2) is 0 Å². The van der Waals surface area contributed by atoms with Gasteiger partial charge in [0.05, 0.1) is 0 Å². The minimum atomic E-state index is -1.71. The fourth-order valence-corrected chi connectivity index (χ4v) is 4.71. The predicted octanol–water partition coefficient (Wildman–Crippen LogP) is 5.08. The van der Waals surface area contributed by atoms with E-state index in [0.717, 1.165) is 12.5 Å². The van der Waals surface area contributed by atoms with Gasteiger partial charge in [-0.3, -0.25) is 0 Å². The maximum atomic E-state index is 9.87. The first-order valence-electron chi connectivity index (χ1n) is 8.63. The number of rotatable bonds is 5. The van der Waals surface area contributed by atoms with Gasteiger partial charge in [-0.25, -0.2) is 0 Å². The number of hydrogen-bond acceptors (Lipinski definition) is 2. The Morgan fingerprint density at radius 2 is 1.81 bits per heavy atom. The molecule has 3 heteroatoms. The molecule has 1 aliphatic carbocycles. The van der Waals surface area contributed by atoms with Crippen LogP contribution >= 0.6 is 0 Å². The van der Waals surface area contributed by atoms with Gasteiger partial charge in [0.15, 0.2) is 8.32 Å². The van der Waals surface area contributed by atoms with E-state index in [0.29, 0.717) is 17.3 Å². The van der Waals surface area contributed by atoms with E-state index in [2.05, 4.69) is 54.6 Å². The summed E-state index contributed by atoms with van der Waals surface area (Å²) in [4.78, 5) is 0. The molecule has 1 rings (SSSR count). The van der Waals surface area contributed by atoms with Crippen molar-refractivity contribution in [1.82, 2.24) is 0 Å². The predicted molar refractivity (Wildman–Crippen MR) is 94.0 cm³/mol. The van der Waals surface area contributed by atoms with Crippen LogP contribution in [0.3, 0.4) is 0 Å². The fraction of sp³-hybridized carbons (Fsp3) is 1.00. The molecule has 0 aromatic carbocycles. The van der Waals surface area contributed by atoms with Gasteiger partial charge < -0.3 is 9.53 Å². The summed E-state index contributed by atoms with van der Waals surface area (Å²) in [7, 11) is -1.71. The van der Waals surface area contributed by atoms with Crippen LogP contribution < -0.4 is 0 Å². The number of aliphatic hydroxyl groups is 1. The van der Waals surface area contributed by atoms with Gasteiger partial charge in [-0.2, -0.15) is 0 Å². The topological polar surface area (TPSA) is 29.5 Å². The largest absolute Gasteiger partial charge is 0.416 e. The molecule has 0 saturated heterocycles. The van der Waals surface area contributed by atoms with Gasteiger partial charge in [-0.05, 0) is 54.6 Å². The second kappa shape index (κ2) is 6.72. The highest BCUT2D eigenvalue weighted by Gasteiger charge is 2.40. The van der Waals surface area contributed by atoms with E-state index >= 15 is 0 Å². The van der Waals surface area contributed by atoms with Gasteiger partial charge in [0.25, 0.3) is 0 Å². The molecule has 1 N–H and O–H groups in total. The average molecular weight is 315 g/mol. The lowest BCUT2D eigenvalue weighted by Crippen LogP contribution is -2.44. The molecular weight excluding hydrogens is 276 g/mol. The van der Waals surface area contributed by atoms with Crippen LogP contribution in [-0.2, 0) is 4.43 Å². The SMILES string of the molecule is CC1CC(C(CO)CO[Si](C)(C)C(C)(C)C)CC(C)(C)C1. The Morgan fingerprint density at radius 3 is 2.24 bits per heavy atom. The van der Waals surface area contributed by atoms with Crippen LogP contribution in [0.1, 0.15) is 60.8 Å². The Labute approximate surface area is 133 Å². The third kappa shape index (κ3) is 5.37. The summed E-state index contributed by atoms with van der Waals surface area (Å²) < 4.78 is 6.38. The Hall–Kier alpha value is 0.137. The van der Waals surface area contributed by atoms with Crippen molar-refractivity contribution >= 4 is 8.32 Å². The van der Waals surface area contributed by atoms with Crippen molar-refractivity contribution in [3.63, 3.8) is 0 Å². The van der Waals surface area contributed by atoms with Gasteiger partial charge >= 0.3 is 0 Å². The van der Waals surface area contributed by atoms with Crippen molar-refractivity contribution in [3.05, 3.63) is 0 Å². The molecule has 21 heavy (non-hydrogen) atoms. The molecule has 1 fully saturated rings. The van der Waals surface area contributed by atoms with Crippen molar-refractivity contribution < 1.29 is 9.53 Å². The molecule has 0 aromatic heterocycles. The monoisotopic (exact) mass is 314 g/mol. The zero-order valence-electron chi connectivity index (χ0n) is 15.6. The van der Waals surface area contributed by atoms with E-state index < -0.39 is 8.32 Å². The van der Waals surface area contributed by atoms with E-state index in [4.69, 9.17) is 4.43 Å². The minimum absolute atomic E-state index is 0.242. The van der Waals surface area contributed by atoms with Crippen LogP contribution in [0, 0.1) is 23.2 Å². The second-order valence-electron chi connectivity index (χ2n) is 9.69. The summed E-state index contributed by atoms with van der Waals surface area (Å²) in [5, 5.41) is 10.1. The van der Waals surface area contributed by atoms with Crippen molar-refractivity contribution in [1.29, 1.82) is 0 Å². The highest BCUT2D eigenvalue weighted by Crippen LogP contribution is 2.45. The molecule has 0 aromatic rings. The molecule has 3 atom stereocenters. The lowest BCUT2D eigenvalue weighted by molar-refractivity contribution is 0.0397. The maximum absolute atomic E-state index is 9.87. The van der Waals surface area contributed by atoms with Crippen LogP contribution in [0.2, 0.25) is 18.1 Å². The van der Waals surface area contributed by atoms with E-state index in [1.807, 2.05) is 0 Å². The summed E-state index contributed by atoms with van der Waals surface area (Å²) in [6.45, 7) is 19.5. The van der Waals surface area contributed by atoms with Crippen LogP contribution in [-0.4, -0.2) is 26.6 Å². The third-order valence-electron chi connectivity index (χ3n) is 5.79. The molecule has 0 spiro atoms. The highest BCUT2D eigenvalue weighted by molar-refractivity contribution is 6.74. The number of hydrogen-bond donors (Lipinski definition) is 1. The molecule has 0 bridgehead atoms. The molecule has 0 amide bonds. The quantitative estimate of drug-likeness (QED) is 0.717. The van der Waals surface area contributed by atoms with Crippen LogP contribution in [0.25, 0.3) is 0 Å². The standard InChI is InChI=1S/C18H38O2Si/c1-14-9-15(11-18(5,6)10-14)16(12-19)13-20-21(7,8)17(2,3)4/h14-16,19H,9-13H2,1-8H3. The van der Waals surface area contributed by atoms with Crippen molar-refractivity contribution in [2.45, 2.75) is 78.9 Å². The zero-order valence-corrected chi connectivity index (χ0v) is 16.6. The maximum Gasteiger partial charge on any atom is 0.191 e. The lowest BCUT2D eigenvalue weighted by atomic mass is 9.65. The lowest BCUT2D eigenvalue weighted by Gasteiger charge is -2.43. The normalized spacial score (nSPS) is 28.4. The Morgan fingerprint density at radius 1 is 1.24 bits per heavy atom. The smallest absolute Gasteiger partial charge is 0.191 e. The summed E-state index contributed by atoms with van der Waals surface area (Å²) >= 11 is 0. The summed E-state index contributed by atoms with van der Waals surface area (Å²) in [5.74, 6) is 1.68. The highest BCUT2D eigenvalue weighted by atomic mass is 28.4. The van der Waals surface area contributed by atoms with Crippen molar-refractivity contribution in [2.24, 2.45) is 23.2 Å². The molecule has 1 aliphatic rings. The van der Waals surface area contributed by atoms with Crippen molar-refractivity contribution in [2.75, 3.05) is 13.2 Å². The first kappa shape index (κ1) is 19.2. The van der Waals surface area contributed by atoms with Gasteiger partial charge in [-0.15, -0.1) is 0 Å². The van der Waals surface area contributed by atoms with Crippen LogP contribution in [0.4, 0.5) is 0 Å². The minimum Gasteiger partial charge on any atom is -0.416 e. The molecule has 1 saturated carbocycles. The first-order chi connectivity index (χ1) is 9.38. The van der Waals surface area contributed by atoms with E-state index in [1.54, 1.807) is 0 Å². The van der Waals surface area contributed by atoms with Gasteiger partial charge in [0.1, 0.15) is 0 Å². The van der Waals surface area contributed by atoms with Gasteiger partial charge in [0.2, 0.25) is 0 Å². The molecule has 0 radical (unpaired) electrons. The Balaban J connectivity index is 2.67. The molecule has 126 valence electrons. The van der Waals surface area contributed by atoms with E-state index in [1.165, 1.54) is 19.3 Å². The molecule has 0 heterocycles. The average Bonchev–Trinajstić information content (AvgIpc) is 2.25. The second-order valence-corrected chi connectivity index (χ2v) is 14.5. The van der Waals surface area contributed by atoms with Crippen molar-refractivity contribution in [3.8, 4) is 0 Å². The van der Waals surface area contributed by atoms with Gasteiger partial charge in [0, 0.05) is 19.1 Å². The zero-order chi connectivity index (χ0) is 16.5. The Bertz CT molecular complexity index is 331. The van der Waals surface area contributed by atoms with E-state index in [-0.39, 0.29) is 11.6 Å². The summed E-state index contributed by atoms with van der Waals surface area (Å²) in [5.41, 5.74) is 0.409. The molecule has 2 nitrogen and oxygen atoms in total. The molecular formula is C18H38O2Si. The summed E-state index contributed by atoms with van der Waals surface area (Å²) in [6, 6.07) is 0. The number of aliphatic hydroxyl groups excluding tert-OH is 1. The molecule has 3 unspecified atom stereocenters. The van der Waals surface area contributed by atoms with Crippen LogP contribution in [0.5, 0.6) is 0 Å². The third-order valence-corrected chi connectivity index (χ3v) is 10.3. The van der Waals surface area contributed by atoms with E-state index in [9.17, 15) is 5.11 Å².